The van der Waals surface area contributed by atoms with Gasteiger partial charge in [0.25, 0.3) is 0 Å². The number of nitrogens with zero attached hydrogens (tertiary/aromatic N) is 2. The van der Waals surface area contributed by atoms with Gasteiger partial charge < -0.3 is 4.57 Å². The lowest BCUT2D eigenvalue weighted by Gasteiger charge is -2.13. The topological polar surface area (TPSA) is 17.8 Å². The maximum Gasteiger partial charge on any atom is 0.416 e. The molecule has 1 aromatic heterocycles. The molecule has 0 atom stereocenters. The standard InChI is InChI=1S/C12H11F3N2/c1-9-16-6-7-17(9)8-10-4-2-3-5-11(10)12(13,14)15/h2-7H,8H2,1H3. The molecule has 17 heavy (non-hydrogen) atoms. The van der Waals surface area contributed by atoms with Crippen molar-refractivity contribution < 1.29 is 13.2 Å². The molecular formula is C12H11F3N2. The molecule has 1 heterocycles. The number of aryl methyl sites for hydroxylation is 1. The van der Waals surface area contributed by atoms with Crippen molar-refractivity contribution >= 4 is 0 Å². The molecule has 0 aliphatic heterocycles. The smallest absolute Gasteiger partial charge is 0.331 e. The van der Waals surface area contributed by atoms with Crippen molar-refractivity contribution in [2.24, 2.45) is 0 Å². The first-order valence-corrected chi connectivity index (χ1v) is 5.11. The third kappa shape index (κ3) is 2.49. The number of rotatable bonds is 2. The fourth-order valence-corrected chi connectivity index (χ4v) is 1.69. The molecule has 90 valence electrons. The third-order valence-corrected chi connectivity index (χ3v) is 2.59. The van der Waals surface area contributed by atoms with Crippen molar-refractivity contribution in [3.63, 3.8) is 0 Å². The van der Waals surface area contributed by atoms with Gasteiger partial charge in [-0.05, 0) is 18.6 Å². The Morgan fingerprint density at radius 1 is 1.24 bits per heavy atom. The lowest BCUT2D eigenvalue weighted by molar-refractivity contribution is -0.138. The Kier molecular flexibility index (Phi) is 2.92. The molecule has 0 spiro atoms. The predicted molar refractivity (Wildman–Crippen MR) is 57.5 cm³/mol. The summed E-state index contributed by atoms with van der Waals surface area (Å²) < 4.78 is 39.9. The number of halogens is 3. The maximum absolute atomic E-state index is 12.8. The summed E-state index contributed by atoms with van der Waals surface area (Å²) in [7, 11) is 0. The van der Waals surface area contributed by atoms with Gasteiger partial charge in [0.15, 0.2) is 0 Å². The van der Waals surface area contributed by atoms with E-state index in [2.05, 4.69) is 4.98 Å². The molecule has 0 fully saturated rings. The Balaban J connectivity index is 2.37. The Morgan fingerprint density at radius 3 is 2.53 bits per heavy atom. The van der Waals surface area contributed by atoms with Crippen LogP contribution in [0.25, 0.3) is 0 Å². The number of hydrogen-bond donors (Lipinski definition) is 0. The van der Waals surface area contributed by atoms with E-state index in [1.54, 1.807) is 30.0 Å². The lowest BCUT2D eigenvalue weighted by atomic mass is 10.1. The van der Waals surface area contributed by atoms with Crippen LogP contribution in [-0.2, 0) is 12.7 Å². The minimum atomic E-state index is -4.31. The van der Waals surface area contributed by atoms with Crippen LogP contribution >= 0.6 is 0 Å². The van der Waals surface area contributed by atoms with Gasteiger partial charge in [-0.15, -0.1) is 0 Å². The largest absolute Gasteiger partial charge is 0.416 e. The fourth-order valence-electron chi connectivity index (χ4n) is 1.69. The van der Waals surface area contributed by atoms with Crippen LogP contribution in [0.4, 0.5) is 13.2 Å². The first-order valence-electron chi connectivity index (χ1n) is 5.11. The van der Waals surface area contributed by atoms with E-state index in [1.807, 2.05) is 0 Å². The van der Waals surface area contributed by atoms with E-state index in [9.17, 15) is 13.2 Å². The first kappa shape index (κ1) is 11.7. The SMILES string of the molecule is Cc1nccn1Cc1ccccc1C(F)(F)F. The highest BCUT2D eigenvalue weighted by Crippen LogP contribution is 2.32. The second-order valence-electron chi connectivity index (χ2n) is 3.76. The van der Waals surface area contributed by atoms with Gasteiger partial charge in [0.1, 0.15) is 5.82 Å². The van der Waals surface area contributed by atoms with Crippen molar-refractivity contribution in [2.75, 3.05) is 0 Å². The first-order chi connectivity index (χ1) is 7.98. The minimum absolute atomic E-state index is 0.182. The van der Waals surface area contributed by atoms with E-state index in [1.165, 1.54) is 12.1 Å². The molecule has 2 rings (SSSR count). The lowest BCUT2D eigenvalue weighted by Crippen LogP contribution is -2.11. The zero-order valence-corrected chi connectivity index (χ0v) is 9.20. The fraction of sp³-hybridized carbons (Fsp3) is 0.250. The van der Waals surface area contributed by atoms with Gasteiger partial charge in [-0.2, -0.15) is 13.2 Å². The number of hydrogen-bond acceptors (Lipinski definition) is 1. The quantitative estimate of drug-likeness (QED) is 0.787. The van der Waals surface area contributed by atoms with Crippen LogP contribution in [0.2, 0.25) is 0 Å². The van der Waals surface area contributed by atoms with Crippen LogP contribution in [0.3, 0.4) is 0 Å². The summed E-state index contributed by atoms with van der Waals surface area (Å²) in [5.74, 6) is 0.696. The Hall–Kier alpha value is -1.78. The van der Waals surface area contributed by atoms with E-state index in [-0.39, 0.29) is 12.1 Å². The zero-order valence-electron chi connectivity index (χ0n) is 9.20. The summed E-state index contributed by atoms with van der Waals surface area (Å²) in [5.41, 5.74) is -0.339. The molecule has 0 saturated carbocycles. The number of alkyl halides is 3. The van der Waals surface area contributed by atoms with Gasteiger partial charge in [0.05, 0.1) is 5.56 Å². The van der Waals surface area contributed by atoms with Crippen LogP contribution in [0, 0.1) is 6.92 Å². The molecule has 0 bridgehead atoms. The average molecular weight is 240 g/mol. The molecule has 0 saturated heterocycles. The summed E-state index contributed by atoms with van der Waals surface area (Å²) in [5, 5.41) is 0. The molecule has 0 amide bonds. The van der Waals surface area contributed by atoms with Gasteiger partial charge in [-0.3, -0.25) is 0 Å². The van der Waals surface area contributed by atoms with E-state index < -0.39 is 11.7 Å². The molecule has 0 unspecified atom stereocenters. The molecule has 0 N–H and O–H groups in total. The summed E-state index contributed by atoms with van der Waals surface area (Å²) in [6.07, 6.45) is -1.07. The van der Waals surface area contributed by atoms with E-state index in [0.29, 0.717) is 5.82 Å². The van der Waals surface area contributed by atoms with Crippen LogP contribution in [0.5, 0.6) is 0 Å². The zero-order chi connectivity index (χ0) is 12.5. The molecule has 5 heteroatoms. The molecule has 0 aliphatic rings. The minimum Gasteiger partial charge on any atom is -0.331 e. The summed E-state index contributed by atoms with van der Waals surface area (Å²) in [4.78, 5) is 3.99. The highest BCUT2D eigenvalue weighted by atomic mass is 19.4. The molecule has 0 aliphatic carbocycles. The van der Waals surface area contributed by atoms with Gasteiger partial charge in [-0.25, -0.2) is 4.98 Å². The Labute approximate surface area is 96.7 Å². The van der Waals surface area contributed by atoms with Gasteiger partial charge in [0.2, 0.25) is 0 Å². The molecule has 2 aromatic rings. The number of aromatic nitrogens is 2. The molecular weight excluding hydrogens is 229 g/mol. The average Bonchev–Trinajstić information content (AvgIpc) is 2.64. The van der Waals surface area contributed by atoms with Gasteiger partial charge in [0, 0.05) is 18.9 Å². The summed E-state index contributed by atoms with van der Waals surface area (Å²) >= 11 is 0. The maximum atomic E-state index is 12.8. The third-order valence-electron chi connectivity index (χ3n) is 2.59. The van der Waals surface area contributed by atoms with Crippen molar-refractivity contribution in [2.45, 2.75) is 19.6 Å². The molecule has 0 radical (unpaired) electrons. The highest BCUT2D eigenvalue weighted by Gasteiger charge is 2.32. The van der Waals surface area contributed by atoms with Crippen LogP contribution in [-0.4, -0.2) is 9.55 Å². The monoisotopic (exact) mass is 240 g/mol. The van der Waals surface area contributed by atoms with Crippen LogP contribution in [0.1, 0.15) is 17.0 Å². The summed E-state index contributed by atoms with van der Waals surface area (Å²) in [6, 6.07) is 5.59. The van der Waals surface area contributed by atoms with Crippen LogP contribution < -0.4 is 0 Å². The van der Waals surface area contributed by atoms with Crippen molar-refractivity contribution in [1.29, 1.82) is 0 Å². The van der Waals surface area contributed by atoms with Crippen LogP contribution in [0.15, 0.2) is 36.7 Å². The Morgan fingerprint density at radius 2 is 1.94 bits per heavy atom. The molecule has 2 nitrogen and oxygen atoms in total. The number of imidazole rings is 1. The second-order valence-corrected chi connectivity index (χ2v) is 3.76. The van der Waals surface area contributed by atoms with E-state index in [0.717, 1.165) is 6.07 Å². The molecule has 1 aromatic carbocycles. The van der Waals surface area contributed by atoms with E-state index in [4.69, 9.17) is 0 Å². The van der Waals surface area contributed by atoms with Crippen molar-refractivity contribution in [3.05, 3.63) is 53.6 Å². The Bertz CT molecular complexity index is 514. The van der Waals surface area contributed by atoms with Crippen molar-refractivity contribution in [1.82, 2.24) is 9.55 Å². The van der Waals surface area contributed by atoms with E-state index >= 15 is 0 Å². The summed E-state index contributed by atoms with van der Waals surface area (Å²) in [6.45, 7) is 1.94. The second kappa shape index (κ2) is 4.24. The van der Waals surface area contributed by atoms with Gasteiger partial charge >= 0.3 is 6.18 Å². The van der Waals surface area contributed by atoms with Crippen molar-refractivity contribution in [3.8, 4) is 0 Å². The number of benzene rings is 1. The normalized spacial score (nSPS) is 11.8. The highest BCUT2D eigenvalue weighted by molar-refractivity contribution is 5.30. The predicted octanol–water partition coefficient (Wildman–Crippen LogP) is 3.26. The van der Waals surface area contributed by atoms with Gasteiger partial charge in [-0.1, -0.05) is 18.2 Å².